The van der Waals surface area contributed by atoms with E-state index in [4.69, 9.17) is 68.6 Å². The van der Waals surface area contributed by atoms with E-state index in [1.165, 1.54) is 44.2 Å². The summed E-state index contributed by atoms with van der Waals surface area (Å²) in [7, 11) is -4.00. The SMILES string of the molecule is CCC(OCNc1ccc(OC)c(NC(=O)C(=Nc2ccc(N(CC)CCNS(C)(=O)=O)cc2C)c2nc3c(Cl)cc(Cl)cc3c(=O)n2OC)c1)Oc1ccc(C)cc1C.CCN(CCNS(C)(=O)=O)c1ccc(N=C(C(=O)Nc2ccccc2Cl)c2nc3ncccc3c(=O)n2C(=O)NCCCOc2ccc(C(C)(C)CC)cc2C(C)(C)CC)c(C)c1. The highest BCUT2D eigenvalue weighted by Gasteiger charge is 2.31. The number of sulfonamides is 2. The Hall–Kier alpha value is -11.0. The molecule has 10 aromatic rings. The lowest BCUT2D eigenvalue weighted by molar-refractivity contribution is -0.111. The molecule has 3 aromatic heterocycles. The number of aromatic nitrogens is 5. The van der Waals surface area contributed by atoms with E-state index in [1.54, 1.807) is 79.7 Å². The average Bonchev–Trinajstić information content (AvgIpc) is 0.759. The first-order chi connectivity index (χ1) is 58.3. The first kappa shape index (κ1) is 95.8. The Morgan fingerprint density at radius 2 is 1.20 bits per heavy atom. The minimum atomic E-state index is -3.37. The number of fused-ring (bicyclic) bond motifs is 2. The molecular formula is C89H108Cl3N15O14S2. The number of carbonyl (C=O) groups excluding carboxylic acids is 3. The van der Waals surface area contributed by atoms with Crippen molar-refractivity contribution in [3.05, 3.63) is 227 Å². The van der Waals surface area contributed by atoms with Crippen molar-refractivity contribution in [3.8, 4) is 17.2 Å². The average molecular weight is 1780 g/mol. The minimum absolute atomic E-state index is 0.00797. The summed E-state index contributed by atoms with van der Waals surface area (Å²) in [6, 6.07) is 39.9. The quantitative estimate of drug-likeness (QED) is 0.0119. The van der Waals surface area contributed by atoms with Gasteiger partial charge in [-0.3, -0.25) is 19.2 Å². The van der Waals surface area contributed by atoms with E-state index >= 15 is 0 Å². The number of pyridine rings is 1. The second-order valence-electron chi connectivity index (χ2n) is 30.4. The number of aryl methyl sites for hydroxylation is 4. The first-order valence-electron chi connectivity index (χ1n) is 40.2. The summed E-state index contributed by atoms with van der Waals surface area (Å²) in [6.07, 6.45) is 6.07. The monoisotopic (exact) mass is 1780 g/mol. The van der Waals surface area contributed by atoms with E-state index in [9.17, 15) is 40.8 Å². The number of ether oxygens (including phenoxy) is 4. The van der Waals surface area contributed by atoms with Crippen LogP contribution in [-0.4, -0.2) is 163 Å². The third-order valence-electron chi connectivity index (χ3n) is 20.7. The van der Waals surface area contributed by atoms with E-state index in [0.717, 1.165) is 74.2 Å². The highest BCUT2D eigenvalue weighted by atomic mass is 35.5. The maximum Gasteiger partial charge on any atom is 0.330 e. The molecule has 1 atom stereocenters. The fraction of sp³-hybridized carbons (Fsp3) is 0.371. The number of hydrogen-bond acceptors (Lipinski definition) is 22. The van der Waals surface area contributed by atoms with E-state index in [2.05, 4.69) is 99.3 Å². The Labute approximate surface area is 733 Å². The normalized spacial score (nSPS) is 12.3. The van der Waals surface area contributed by atoms with Gasteiger partial charge in [-0.2, -0.15) is 0 Å². The van der Waals surface area contributed by atoms with E-state index in [-0.39, 0.29) is 115 Å². The highest BCUT2D eigenvalue weighted by molar-refractivity contribution is 7.89. The van der Waals surface area contributed by atoms with Gasteiger partial charge < -0.3 is 54.9 Å². The van der Waals surface area contributed by atoms with Crippen molar-refractivity contribution in [2.45, 2.75) is 133 Å². The van der Waals surface area contributed by atoms with Gasteiger partial charge in [0, 0.05) is 86.1 Å². The van der Waals surface area contributed by atoms with Crippen LogP contribution in [0, 0.1) is 27.7 Å². The van der Waals surface area contributed by atoms with Crippen LogP contribution in [0.2, 0.25) is 15.1 Å². The van der Waals surface area contributed by atoms with Crippen molar-refractivity contribution in [1.29, 1.82) is 0 Å². The standard InChI is InChI=1S/C47H59ClN8O6S.C42H49Cl2N7O8S/c1-10-46(5,6)32-20-23-39(35(30-32)47(7,8)11-2)62-28-16-25-50-45(59)56-42(54-41-34(44(56)58)17-15-24-49-41)40(43(57)53-38-19-14-13-18-36(38)48)52-37-22-21-33(29-31(37)4)55(12-3)27-26-51-63(9,60)61;1-9-37(59-35-15-11-25(3)19-27(35)5)58-24-45-29-12-16-36(56-6)34(23-29)48-41(52)39(40-49-38-31(42(53)51(40)57-7)21-28(43)22-32(38)44)47-33-14-13-30(20-26(33)4)50(10-2)18-17-46-60(8,54)55/h13-15,17-24,29-30,51H,10-12,16,25-28H2,1-9H3,(H,50,59)(H,53,57);11-16,19-23,37,45-46H,9-10,17-18,24H2,1-8H3,(H,48,52). The molecule has 29 nitrogen and oxygen atoms in total. The van der Waals surface area contributed by atoms with E-state index in [0.29, 0.717) is 73.0 Å². The minimum Gasteiger partial charge on any atom is -0.495 e. The zero-order valence-corrected chi connectivity index (χ0v) is 76.2. The highest BCUT2D eigenvalue weighted by Crippen LogP contribution is 2.40. The number of nitrogens with zero attached hydrogens (tertiary/aromatic N) is 9. The number of para-hydroxylation sites is 1. The summed E-state index contributed by atoms with van der Waals surface area (Å²) in [5, 5.41) is 12.4. The van der Waals surface area contributed by atoms with Gasteiger partial charge in [0.05, 0.1) is 75.3 Å². The number of carbonyl (C=O) groups is 3. The lowest BCUT2D eigenvalue weighted by atomic mass is 9.76. The van der Waals surface area contributed by atoms with Gasteiger partial charge in [-0.05, 0) is 197 Å². The fourth-order valence-electron chi connectivity index (χ4n) is 13.0. The molecule has 0 fully saturated rings. The largest absolute Gasteiger partial charge is 0.495 e. The third-order valence-corrected chi connectivity index (χ3v) is 23.0. The number of amides is 3. The number of hydrogen-bond donors (Lipinski definition) is 6. The van der Waals surface area contributed by atoms with Gasteiger partial charge in [0.15, 0.2) is 22.9 Å². The van der Waals surface area contributed by atoms with Crippen molar-refractivity contribution >= 4 is 146 Å². The topological polar surface area (TPSA) is 352 Å². The zero-order chi connectivity index (χ0) is 89.8. The van der Waals surface area contributed by atoms with Crippen molar-refractivity contribution < 1.29 is 55.0 Å². The van der Waals surface area contributed by atoms with Crippen molar-refractivity contribution in [2.24, 2.45) is 9.98 Å². The van der Waals surface area contributed by atoms with Crippen molar-refractivity contribution in [2.75, 3.05) is 112 Å². The zero-order valence-electron chi connectivity index (χ0n) is 72.3. The number of anilines is 5. The Bertz CT molecular complexity index is 5950. The second-order valence-corrected chi connectivity index (χ2v) is 35.4. The summed E-state index contributed by atoms with van der Waals surface area (Å²) < 4.78 is 77.4. The number of benzene rings is 7. The number of halogens is 3. The van der Waals surface area contributed by atoms with Gasteiger partial charge >= 0.3 is 6.03 Å². The number of likely N-dealkylation sites (N-methyl/N-ethyl adjacent to an activating group) is 2. The third kappa shape index (κ3) is 25.4. The van der Waals surface area contributed by atoms with Gasteiger partial charge in [-0.1, -0.05) is 125 Å². The summed E-state index contributed by atoms with van der Waals surface area (Å²) in [5.41, 5.74) is 7.19. The maximum atomic E-state index is 14.6. The van der Waals surface area contributed by atoms with Crippen LogP contribution in [0.15, 0.2) is 165 Å². The fourth-order valence-corrected chi connectivity index (χ4v) is 14.7. The number of nitrogens with one attached hydrogen (secondary N) is 6. The van der Waals surface area contributed by atoms with Crippen LogP contribution in [0.3, 0.4) is 0 Å². The van der Waals surface area contributed by atoms with Crippen LogP contribution in [0.1, 0.15) is 133 Å². The molecule has 0 radical (unpaired) electrons. The molecule has 656 valence electrons. The number of methoxy groups -OCH3 is 1. The predicted molar refractivity (Wildman–Crippen MR) is 492 cm³/mol. The lowest BCUT2D eigenvalue weighted by Gasteiger charge is -2.30. The summed E-state index contributed by atoms with van der Waals surface area (Å²) in [4.78, 5) is 104. The number of aliphatic imine (C=N–C) groups is 2. The predicted octanol–water partition coefficient (Wildman–Crippen LogP) is 15.3. The molecule has 0 bridgehead atoms. The molecule has 0 saturated carbocycles. The van der Waals surface area contributed by atoms with Crippen LogP contribution >= 0.6 is 34.8 Å². The Kier molecular flexibility index (Phi) is 33.4. The summed E-state index contributed by atoms with van der Waals surface area (Å²) >= 11 is 19.2. The van der Waals surface area contributed by atoms with Crippen LogP contribution < -0.4 is 70.7 Å². The second kappa shape index (κ2) is 42.9. The lowest BCUT2D eigenvalue weighted by Crippen LogP contribution is -2.42. The molecule has 6 N–H and O–H groups in total. The van der Waals surface area contributed by atoms with Gasteiger partial charge in [0.25, 0.3) is 22.9 Å². The summed E-state index contributed by atoms with van der Waals surface area (Å²) in [5.74, 6) is -0.271. The van der Waals surface area contributed by atoms with Gasteiger partial charge in [-0.25, -0.2) is 60.6 Å². The van der Waals surface area contributed by atoms with Crippen LogP contribution in [-0.2, 0) is 45.2 Å². The maximum absolute atomic E-state index is 14.6. The molecule has 7 aromatic carbocycles. The number of rotatable bonds is 38. The first-order valence-corrected chi connectivity index (χ1v) is 45.1. The molecule has 10 rings (SSSR count). The van der Waals surface area contributed by atoms with Crippen molar-refractivity contribution in [1.82, 2.24) is 39.0 Å². The van der Waals surface area contributed by atoms with Gasteiger partial charge in [0.2, 0.25) is 32.2 Å². The Morgan fingerprint density at radius 1 is 0.602 bits per heavy atom. The molecule has 3 heterocycles. The van der Waals surface area contributed by atoms with Crippen LogP contribution in [0.4, 0.5) is 44.6 Å². The van der Waals surface area contributed by atoms with Gasteiger partial charge in [-0.15, -0.1) is 4.73 Å². The molecule has 3 amide bonds. The molecule has 0 saturated heterocycles. The molecule has 0 aliphatic rings. The summed E-state index contributed by atoms with van der Waals surface area (Å²) in [6.45, 7) is 29.6. The van der Waals surface area contributed by atoms with Gasteiger partial charge in [0.1, 0.15) is 31.1 Å². The molecule has 123 heavy (non-hydrogen) atoms. The van der Waals surface area contributed by atoms with E-state index in [1.807, 2.05) is 87.7 Å². The van der Waals surface area contributed by atoms with Crippen LogP contribution in [0.25, 0.3) is 21.9 Å². The molecule has 0 aliphatic heterocycles. The van der Waals surface area contributed by atoms with E-state index < -0.39 is 55.3 Å². The smallest absolute Gasteiger partial charge is 0.330 e. The molecular weight excluding hydrogens is 1670 g/mol. The van der Waals surface area contributed by atoms with Crippen molar-refractivity contribution in [3.63, 3.8) is 0 Å². The van der Waals surface area contributed by atoms with Crippen LogP contribution in [0.5, 0.6) is 17.2 Å². The molecule has 0 spiro atoms. The molecule has 34 heteroatoms. The molecule has 0 aliphatic carbocycles. The molecule has 1 unspecified atom stereocenters. The Morgan fingerprint density at radius 3 is 1.77 bits per heavy atom. The Balaban J connectivity index is 0.000000279.